The molecule has 13 heavy (non-hydrogen) atoms. The van der Waals surface area contributed by atoms with Crippen molar-refractivity contribution in [3.8, 4) is 0 Å². The van der Waals surface area contributed by atoms with Crippen molar-refractivity contribution in [1.29, 1.82) is 0 Å². The molecule has 1 fully saturated rings. The third-order valence-corrected chi connectivity index (χ3v) is 2.93. The minimum Gasteiger partial charge on any atom is -0.322 e. The maximum absolute atomic E-state index is 10.9. The molecule has 0 heterocycles. The molecule has 0 aromatic carbocycles. The average Bonchev–Trinajstić information content (AvgIpc) is 2.83. The van der Waals surface area contributed by atoms with Crippen LogP contribution in [0.2, 0.25) is 0 Å². The van der Waals surface area contributed by atoms with Crippen molar-refractivity contribution in [2.45, 2.75) is 52.0 Å². The molecule has 2 N–H and O–H groups in total. The lowest BCUT2D eigenvalue weighted by Gasteiger charge is -2.12. The van der Waals surface area contributed by atoms with Gasteiger partial charge in [-0.2, -0.15) is 0 Å². The summed E-state index contributed by atoms with van der Waals surface area (Å²) in [6, 6.07) is -0.221. The molecule has 1 saturated carbocycles. The summed E-state index contributed by atoms with van der Waals surface area (Å²) in [5.74, 6) is 1.86. The van der Waals surface area contributed by atoms with Crippen LogP contribution in [-0.4, -0.2) is 11.8 Å². The number of rotatable bonds is 6. The Morgan fingerprint density at radius 2 is 2.08 bits per heavy atom. The number of carbonyl (C=O) groups excluding carboxylic acids is 1. The minimum atomic E-state index is -0.221. The Kier molecular flexibility index (Phi) is 3.91. The fourth-order valence-corrected chi connectivity index (χ4v) is 1.71. The first kappa shape index (κ1) is 10.7. The standard InChI is InChI=1S/C11H21NO/c1-8(7-10-4-5-10)3-6-11(12)9(2)13/h8,10-11H,3-7,12H2,1-2H3. The Balaban J connectivity index is 2.05. The summed E-state index contributed by atoms with van der Waals surface area (Å²) in [6.07, 6.45) is 6.15. The molecule has 1 rings (SSSR count). The molecule has 0 bridgehead atoms. The lowest BCUT2D eigenvalue weighted by molar-refractivity contribution is -0.118. The summed E-state index contributed by atoms with van der Waals surface area (Å²) >= 11 is 0. The SMILES string of the molecule is CC(=O)C(N)CCC(C)CC1CC1. The van der Waals surface area contributed by atoms with E-state index in [9.17, 15) is 4.79 Å². The van der Waals surface area contributed by atoms with Crippen LogP contribution in [0.15, 0.2) is 0 Å². The number of nitrogens with two attached hydrogens (primary N) is 1. The van der Waals surface area contributed by atoms with E-state index >= 15 is 0 Å². The summed E-state index contributed by atoms with van der Waals surface area (Å²) in [4.78, 5) is 10.9. The highest BCUT2D eigenvalue weighted by Crippen LogP contribution is 2.36. The number of carbonyl (C=O) groups is 1. The molecule has 0 spiro atoms. The van der Waals surface area contributed by atoms with Gasteiger partial charge in [0.15, 0.2) is 0 Å². The van der Waals surface area contributed by atoms with Crippen LogP contribution in [0.25, 0.3) is 0 Å². The molecule has 0 saturated heterocycles. The zero-order chi connectivity index (χ0) is 9.84. The number of hydrogen-bond acceptors (Lipinski definition) is 2. The fraction of sp³-hybridized carbons (Fsp3) is 0.909. The van der Waals surface area contributed by atoms with E-state index in [4.69, 9.17) is 5.73 Å². The third-order valence-electron chi connectivity index (χ3n) is 2.93. The molecule has 2 nitrogen and oxygen atoms in total. The number of ketones is 1. The first-order valence-electron chi connectivity index (χ1n) is 5.35. The van der Waals surface area contributed by atoms with Gasteiger partial charge in [0.2, 0.25) is 0 Å². The lowest BCUT2D eigenvalue weighted by atomic mass is 9.95. The smallest absolute Gasteiger partial charge is 0.146 e. The maximum Gasteiger partial charge on any atom is 0.146 e. The zero-order valence-electron chi connectivity index (χ0n) is 8.75. The Hall–Kier alpha value is -0.370. The summed E-state index contributed by atoms with van der Waals surface area (Å²) in [5, 5.41) is 0. The van der Waals surface area contributed by atoms with E-state index in [1.54, 1.807) is 6.92 Å². The molecule has 2 atom stereocenters. The van der Waals surface area contributed by atoms with Gasteiger partial charge in [0.25, 0.3) is 0 Å². The van der Waals surface area contributed by atoms with Crippen LogP contribution in [0.3, 0.4) is 0 Å². The normalized spacial score (nSPS) is 21.2. The van der Waals surface area contributed by atoms with Gasteiger partial charge in [-0.05, 0) is 38.0 Å². The van der Waals surface area contributed by atoms with Crippen molar-refractivity contribution in [2.24, 2.45) is 17.6 Å². The fourth-order valence-electron chi connectivity index (χ4n) is 1.71. The monoisotopic (exact) mass is 183 g/mol. The predicted octanol–water partition coefficient (Wildman–Crippen LogP) is 2.12. The molecule has 1 aliphatic carbocycles. The summed E-state index contributed by atoms with van der Waals surface area (Å²) < 4.78 is 0. The van der Waals surface area contributed by atoms with Crippen LogP contribution in [0, 0.1) is 11.8 Å². The number of hydrogen-bond donors (Lipinski definition) is 1. The van der Waals surface area contributed by atoms with Gasteiger partial charge in [-0.25, -0.2) is 0 Å². The van der Waals surface area contributed by atoms with Gasteiger partial charge in [-0.15, -0.1) is 0 Å². The zero-order valence-corrected chi connectivity index (χ0v) is 8.75. The van der Waals surface area contributed by atoms with Crippen LogP contribution in [0.5, 0.6) is 0 Å². The van der Waals surface area contributed by atoms with Crippen molar-refractivity contribution in [3.63, 3.8) is 0 Å². The van der Waals surface area contributed by atoms with Crippen LogP contribution in [-0.2, 0) is 4.79 Å². The van der Waals surface area contributed by atoms with Gasteiger partial charge in [0.1, 0.15) is 5.78 Å². The molecule has 0 amide bonds. The van der Waals surface area contributed by atoms with E-state index in [0.29, 0.717) is 0 Å². The second-order valence-corrected chi connectivity index (χ2v) is 4.58. The predicted molar refractivity (Wildman–Crippen MR) is 54.4 cm³/mol. The van der Waals surface area contributed by atoms with Gasteiger partial charge >= 0.3 is 0 Å². The lowest BCUT2D eigenvalue weighted by Crippen LogP contribution is -2.28. The van der Waals surface area contributed by atoms with E-state index in [0.717, 1.165) is 24.7 Å². The van der Waals surface area contributed by atoms with Gasteiger partial charge in [0, 0.05) is 0 Å². The molecule has 2 unspecified atom stereocenters. The van der Waals surface area contributed by atoms with Crippen LogP contribution in [0.4, 0.5) is 0 Å². The van der Waals surface area contributed by atoms with Gasteiger partial charge < -0.3 is 5.73 Å². The Morgan fingerprint density at radius 3 is 2.54 bits per heavy atom. The molecule has 76 valence electrons. The van der Waals surface area contributed by atoms with Gasteiger partial charge in [0.05, 0.1) is 6.04 Å². The van der Waals surface area contributed by atoms with E-state index in [2.05, 4.69) is 6.92 Å². The maximum atomic E-state index is 10.9. The molecule has 0 aromatic rings. The summed E-state index contributed by atoms with van der Waals surface area (Å²) in [5.41, 5.74) is 5.66. The third kappa shape index (κ3) is 4.41. The van der Waals surface area contributed by atoms with E-state index < -0.39 is 0 Å². The van der Waals surface area contributed by atoms with Crippen molar-refractivity contribution in [1.82, 2.24) is 0 Å². The topological polar surface area (TPSA) is 43.1 Å². The molecule has 0 aliphatic heterocycles. The highest BCUT2D eigenvalue weighted by atomic mass is 16.1. The molecular weight excluding hydrogens is 162 g/mol. The molecule has 0 radical (unpaired) electrons. The molecular formula is C11H21NO. The van der Waals surface area contributed by atoms with Crippen LogP contribution in [0.1, 0.15) is 46.0 Å². The van der Waals surface area contributed by atoms with Gasteiger partial charge in [-0.3, -0.25) is 4.79 Å². The molecule has 2 heteroatoms. The van der Waals surface area contributed by atoms with E-state index in [1.165, 1.54) is 19.3 Å². The number of Topliss-reactive ketones (excluding diaryl/α,β-unsaturated/α-hetero) is 1. The van der Waals surface area contributed by atoms with Crippen molar-refractivity contribution in [2.75, 3.05) is 0 Å². The largest absolute Gasteiger partial charge is 0.322 e. The Morgan fingerprint density at radius 1 is 1.46 bits per heavy atom. The Bertz CT molecular complexity index is 175. The van der Waals surface area contributed by atoms with Crippen LogP contribution >= 0.6 is 0 Å². The second kappa shape index (κ2) is 4.75. The van der Waals surface area contributed by atoms with Gasteiger partial charge in [-0.1, -0.05) is 19.8 Å². The first-order chi connectivity index (χ1) is 6.09. The van der Waals surface area contributed by atoms with Crippen molar-refractivity contribution < 1.29 is 4.79 Å². The van der Waals surface area contributed by atoms with Crippen molar-refractivity contribution in [3.05, 3.63) is 0 Å². The highest BCUT2D eigenvalue weighted by Gasteiger charge is 2.23. The quantitative estimate of drug-likeness (QED) is 0.685. The average molecular weight is 183 g/mol. The first-order valence-corrected chi connectivity index (χ1v) is 5.35. The Labute approximate surface area is 80.9 Å². The van der Waals surface area contributed by atoms with Crippen LogP contribution < -0.4 is 5.73 Å². The van der Waals surface area contributed by atoms with E-state index in [1.807, 2.05) is 0 Å². The van der Waals surface area contributed by atoms with Crippen molar-refractivity contribution >= 4 is 5.78 Å². The minimum absolute atomic E-state index is 0.124. The summed E-state index contributed by atoms with van der Waals surface area (Å²) in [6.45, 7) is 3.85. The molecule has 0 aromatic heterocycles. The highest BCUT2D eigenvalue weighted by molar-refractivity contribution is 5.80. The summed E-state index contributed by atoms with van der Waals surface area (Å²) in [7, 11) is 0. The van der Waals surface area contributed by atoms with E-state index in [-0.39, 0.29) is 11.8 Å². The second-order valence-electron chi connectivity index (χ2n) is 4.58. The molecule has 1 aliphatic rings.